The molecule has 1 aliphatic carbocycles. The van der Waals surface area contributed by atoms with Crippen LogP contribution in [0, 0.1) is 5.41 Å². The van der Waals surface area contributed by atoms with E-state index in [1.807, 2.05) is 30.3 Å². The van der Waals surface area contributed by atoms with Crippen molar-refractivity contribution in [1.29, 1.82) is 0 Å². The minimum atomic E-state index is -3.38. The summed E-state index contributed by atoms with van der Waals surface area (Å²) in [5.74, 6) is -1.40. The Labute approximate surface area is 118 Å². The van der Waals surface area contributed by atoms with Crippen molar-refractivity contribution in [3.05, 3.63) is 35.9 Å². The third kappa shape index (κ3) is 4.61. The zero-order valence-corrected chi connectivity index (χ0v) is 11.9. The summed E-state index contributed by atoms with van der Waals surface area (Å²) in [5, 5.41) is 8.78. The highest BCUT2D eigenvalue weighted by atomic mass is 32.2. The van der Waals surface area contributed by atoms with Gasteiger partial charge < -0.3 is 9.84 Å². The zero-order chi connectivity index (χ0) is 14.6. The summed E-state index contributed by atoms with van der Waals surface area (Å²) in [5.41, 5.74) is 0.357. The molecule has 5 nitrogen and oxygen atoms in total. The van der Waals surface area contributed by atoms with Crippen LogP contribution in [0.4, 0.5) is 0 Å². The van der Waals surface area contributed by atoms with Gasteiger partial charge in [-0.25, -0.2) is 8.42 Å². The number of ether oxygens (including phenoxy) is 1. The standard InChI is InChI=1S/C14H18O5S/c15-13(16)8-14(6-7-14)10-20(17,18)11-19-9-12-4-2-1-3-5-12/h1-5H,6-11H2,(H,15,16). The Morgan fingerprint density at radius 3 is 2.45 bits per heavy atom. The van der Waals surface area contributed by atoms with Crippen LogP contribution in [0.2, 0.25) is 0 Å². The molecule has 1 aromatic rings. The second kappa shape index (κ2) is 5.93. The van der Waals surface area contributed by atoms with Crippen LogP contribution < -0.4 is 0 Å². The van der Waals surface area contributed by atoms with E-state index in [1.165, 1.54) is 0 Å². The SMILES string of the molecule is O=C(O)CC1(CS(=O)(=O)COCc2ccccc2)CC1. The Bertz CT molecular complexity index is 560. The molecule has 1 aromatic carbocycles. The fraction of sp³-hybridized carbons (Fsp3) is 0.500. The molecule has 0 heterocycles. The van der Waals surface area contributed by atoms with Gasteiger partial charge in [-0.05, 0) is 23.8 Å². The topological polar surface area (TPSA) is 80.7 Å². The van der Waals surface area contributed by atoms with Crippen molar-refractivity contribution in [2.45, 2.75) is 25.9 Å². The van der Waals surface area contributed by atoms with E-state index in [1.54, 1.807) is 0 Å². The predicted octanol–water partition coefficient (Wildman–Crippen LogP) is 1.83. The molecule has 0 saturated heterocycles. The Morgan fingerprint density at radius 1 is 1.25 bits per heavy atom. The summed E-state index contributed by atoms with van der Waals surface area (Å²) in [6, 6.07) is 9.32. The molecule has 1 N–H and O–H groups in total. The Hall–Kier alpha value is -1.40. The van der Waals surface area contributed by atoms with Gasteiger partial charge in [-0.15, -0.1) is 0 Å². The third-order valence-corrected chi connectivity index (χ3v) is 4.96. The second-order valence-electron chi connectivity index (χ2n) is 5.41. The third-order valence-electron chi connectivity index (χ3n) is 3.38. The average Bonchev–Trinajstić information content (AvgIpc) is 3.07. The van der Waals surface area contributed by atoms with Gasteiger partial charge in [0.1, 0.15) is 5.94 Å². The first-order valence-corrected chi connectivity index (χ1v) is 8.27. The Kier molecular flexibility index (Phi) is 4.45. The number of hydrogen-bond acceptors (Lipinski definition) is 4. The fourth-order valence-corrected chi connectivity index (χ4v) is 3.98. The van der Waals surface area contributed by atoms with Gasteiger partial charge in [-0.2, -0.15) is 0 Å². The monoisotopic (exact) mass is 298 g/mol. The summed E-state index contributed by atoms with van der Waals surface area (Å²) in [4.78, 5) is 10.7. The van der Waals surface area contributed by atoms with E-state index in [-0.39, 0.29) is 24.7 Å². The molecule has 0 bridgehead atoms. The molecule has 20 heavy (non-hydrogen) atoms. The Morgan fingerprint density at radius 2 is 1.90 bits per heavy atom. The van der Waals surface area contributed by atoms with Crippen molar-refractivity contribution in [2.24, 2.45) is 5.41 Å². The second-order valence-corrected chi connectivity index (χ2v) is 7.42. The van der Waals surface area contributed by atoms with Crippen LogP contribution in [0.3, 0.4) is 0 Å². The smallest absolute Gasteiger partial charge is 0.303 e. The Balaban J connectivity index is 1.81. The molecule has 0 unspecified atom stereocenters. The van der Waals surface area contributed by atoms with Crippen LogP contribution in [-0.2, 0) is 26.0 Å². The lowest BCUT2D eigenvalue weighted by atomic mass is 10.1. The molecule has 0 radical (unpaired) electrons. The molecule has 0 aromatic heterocycles. The van der Waals surface area contributed by atoms with Crippen molar-refractivity contribution in [3.8, 4) is 0 Å². The lowest BCUT2D eigenvalue weighted by Gasteiger charge is -2.13. The maximum absolute atomic E-state index is 11.9. The highest BCUT2D eigenvalue weighted by Gasteiger charge is 2.47. The summed E-state index contributed by atoms with van der Waals surface area (Å²) in [6.07, 6.45) is 1.25. The number of carbonyl (C=O) groups is 1. The maximum Gasteiger partial charge on any atom is 0.303 e. The number of aliphatic carboxylic acids is 1. The van der Waals surface area contributed by atoms with E-state index >= 15 is 0 Å². The molecule has 6 heteroatoms. The molecule has 110 valence electrons. The van der Waals surface area contributed by atoms with Gasteiger partial charge in [0.2, 0.25) is 0 Å². The van der Waals surface area contributed by atoms with Crippen LogP contribution in [0.5, 0.6) is 0 Å². The van der Waals surface area contributed by atoms with Gasteiger partial charge in [0.05, 0.1) is 18.8 Å². The van der Waals surface area contributed by atoms with Crippen LogP contribution in [-0.4, -0.2) is 31.2 Å². The first-order chi connectivity index (χ1) is 9.41. The van der Waals surface area contributed by atoms with Crippen molar-refractivity contribution < 1.29 is 23.1 Å². The largest absolute Gasteiger partial charge is 0.481 e. The summed E-state index contributed by atoms with van der Waals surface area (Å²) >= 11 is 0. The van der Waals surface area contributed by atoms with E-state index < -0.39 is 21.2 Å². The highest BCUT2D eigenvalue weighted by Crippen LogP contribution is 2.49. The predicted molar refractivity (Wildman–Crippen MR) is 73.8 cm³/mol. The maximum atomic E-state index is 11.9. The minimum absolute atomic E-state index is 0.0785. The van der Waals surface area contributed by atoms with E-state index in [4.69, 9.17) is 9.84 Å². The van der Waals surface area contributed by atoms with E-state index in [2.05, 4.69) is 0 Å². The molecular formula is C14H18O5S. The zero-order valence-electron chi connectivity index (χ0n) is 11.1. The molecule has 0 aliphatic heterocycles. The van der Waals surface area contributed by atoms with Gasteiger partial charge in [-0.1, -0.05) is 30.3 Å². The number of rotatable bonds is 8. The van der Waals surface area contributed by atoms with E-state index in [0.717, 1.165) is 5.56 Å². The molecule has 0 atom stereocenters. The number of hydrogen-bond donors (Lipinski definition) is 1. The van der Waals surface area contributed by atoms with E-state index in [0.29, 0.717) is 12.8 Å². The van der Waals surface area contributed by atoms with Gasteiger partial charge in [0, 0.05) is 0 Å². The molecule has 1 saturated carbocycles. The van der Waals surface area contributed by atoms with E-state index in [9.17, 15) is 13.2 Å². The molecule has 2 rings (SSSR count). The number of carboxylic acid groups (broad SMARTS) is 1. The normalized spacial score (nSPS) is 16.8. The molecular weight excluding hydrogens is 280 g/mol. The number of carboxylic acids is 1. The highest BCUT2D eigenvalue weighted by molar-refractivity contribution is 7.91. The van der Waals surface area contributed by atoms with Crippen LogP contribution in [0.15, 0.2) is 30.3 Å². The molecule has 0 spiro atoms. The summed E-state index contributed by atoms with van der Waals surface area (Å²) < 4.78 is 29.1. The summed E-state index contributed by atoms with van der Waals surface area (Å²) in [7, 11) is -3.38. The first kappa shape index (κ1) is 15.0. The lowest BCUT2D eigenvalue weighted by molar-refractivity contribution is -0.138. The van der Waals surface area contributed by atoms with Crippen LogP contribution in [0.1, 0.15) is 24.8 Å². The average molecular weight is 298 g/mol. The van der Waals surface area contributed by atoms with Gasteiger partial charge in [-0.3, -0.25) is 4.79 Å². The van der Waals surface area contributed by atoms with Crippen molar-refractivity contribution >= 4 is 15.8 Å². The lowest BCUT2D eigenvalue weighted by Crippen LogP contribution is -2.23. The van der Waals surface area contributed by atoms with Gasteiger partial charge >= 0.3 is 5.97 Å². The summed E-state index contributed by atoms with van der Waals surface area (Å²) in [6.45, 7) is 0.242. The van der Waals surface area contributed by atoms with Crippen molar-refractivity contribution in [2.75, 3.05) is 11.7 Å². The molecule has 1 aliphatic rings. The first-order valence-electron chi connectivity index (χ1n) is 6.45. The van der Waals surface area contributed by atoms with Gasteiger partial charge in [0.25, 0.3) is 0 Å². The number of sulfone groups is 1. The molecule has 0 amide bonds. The van der Waals surface area contributed by atoms with Crippen molar-refractivity contribution in [1.82, 2.24) is 0 Å². The van der Waals surface area contributed by atoms with Gasteiger partial charge in [0.15, 0.2) is 9.84 Å². The molecule has 1 fully saturated rings. The van der Waals surface area contributed by atoms with Crippen LogP contribution >= 0.6 is 0 Å². The van der Waals surface area contributed by atoms with Crippen LogP contribution in [0.25, 0.3) is 0 Å². The number of benzene rings is 1. The van der Waals surface area contributed by atoms with Crippen molar-refractivity contribution in [3.63, 3.8) is 0 Å². The minimum Gasteiger partial charge on any atom is -0.481 e. The quantitative estimate of drug-likeness (QED) is 0.792. The fourth-order valence-electron chi connectivity index (χ4n) is 2.24.